The maximum absolute atomic E-state index is 12.1. The molecule has 0 N–H and O–H groups in total. The van der Waals surface area contributed by atoms with E-state index in [0.717, 1.165) is 25.9 Å². The number of hydrogen-bond acceptors (Lipinski definition) is 3. The van der Waals surface area contributed by atoms with Crippen molar-refractivity contribution in [1.29, 1.82) is 0 Å². The first-order chi connectivity index (χ1) is 7.29. The van der Waals surface area contributed by atoms with Gasteiger partial charge in [-0.15, -0.1) is 0 Å². The molecule has 1 amide bonds. The van der Waals surface area contributed by atoms with Crippen LogP contribution >= 0.6 is 12.6 Å². The average Bonchev–Trinajstić information content (AvgIpc) is 2.15. The normalized spacial score (nSPS) is 20.9. The highest BCUT2D eigenvalue weighted by molar-refractivity contribution is 7.80. The largest absolute Gasteiger partial charge is 0.363 e. The number of carbonyl (C=O) groups is 1. The van der Waals surface area contributed by atoms with Gasteiger partial charge in [0.05, 0.1) is 5.60 Å². The first kappa shape index (κ1) is 13.8. The van der Waals surface area contributed by atoms with Crippen molar-refractivity contribution < 1.29 is 9.53 Å². The van der Waals surface area contributed by atoms with Crippen LogP contribution in [0, 0.1) is 0 Å². The van der Waals surface area contributed by atoms with E-state index in [9.17, 15) is 4.79 Å². The molecule has 0 aromatic rings. The molecule has 0 aromatic carbocycles. The van der Waals surface area contributed by atoms with Gasteiger partial charge in [0.2, 0.25) is 0 Å². The van der Waals surface area contributed by atoms with Crippen molar-refractivity contribution in [3.05, 3.63) is 0 Å². The minimum Gasteiger partial charge on any atom is -0.363 e. The van der Waals surface area contributed by atoms with Crippen LogP contribution in [0.2, 0.25) is 0 Å². The van der Waals surface area contributed by atoms with Crippen LogP contribution in [0.5, 0.6) is 0 Å². The third-order valence-electron chi connectivity index (χ3n) is 2.65. The van der Waals surface area contributed by atoms with Gasteiger partial charge in [-0.3, -0.25) is 4.79 Å². The van der Waals surface area contributed by atoms with E-state index >= 15 is 0 Å². The van der Waals surface area contributed by atoms with Crippen LogP contribution in [-0.4, -0.2) is 40.9 Å². The zero-order valence-electron chi connectivity index (χ0n) is 10.7. The standard InChI is InChI=1S/C12H23NO2S/c1-9(15-12(2,3)4)11(14)13-7-5-10(16)6-8-13/h9-10,16H,5-8H2,1-4H3. The van der Waals surface area contributed by atoms with Crippen LogP contribution in [0.1, 0.15) is 40.5 Å². The van der Waals surface area contributed by atoms with Crippen LogP contribution in [0.25, 0.3) is 0 Å². The van der Waals surface area contributed by atoms with E-state index in [-0.39, 0.29) is 17.6 Å². The lowest BCUT2D eigenvalue weighted by Crippen LogP contribution is -2.45. The highest BCUT2D eigenvalue weighted by Gasteiger charge is 2.27. The number of rotatable bonds is 2. The van der Waals surface area contributed by atoms with Crippen LogP contribution in [0.3, 0.4) is 0 Å². The molecule has 94 valence electrons. The topological polar surface area (TPSA) is 29.5 Å². The molecule has 3 nitrogen and oxygen atoms in total. The van der Waals surface area contributed by atoms with E-state index < -0.39 is 0 Å². The van der Waals surface area contributed by atoms with E-state index in [2.05, 4.69) is 12.6 Å². The summed E-state index contributed by atoms with van der Waals surface area (Å²) in [7, 11) is 0. The second-order valence-corrected chi connectivity index (χ2v) is 6.16. The monoisotopic (exact) mass is 245 g/mol. The Bertz CT molecular complexity index is 242. The van der Waals surface area contributed by atoms with Gasteiger partial charge in [0, 0.05) is 18.3 Å². The molecule has 4 heteroatoms. The lowest BCUT2D eigenvalue weighted by atomic mass is 10.1. The molecular weight excluding hydrogens is 222 g/mol. The Kier molecular flexibility index (Phi) is 4.68. The van der Waals surface area contributed by atoms with Gasteiger partial charge in [0.15, 0.2) is 0 Å². The molecule has 1 unspecified atom stereocenters. The number of nitrogens with zero attached hydrogens (tertiary/aromatic N) is 1. The maximum atomic E-state index is 12.1. The fourth-order valence-corrected chi connectivity index (χ4v) is 2.16. The minimum atomic E-state index is -0.350. The fourth-order valence-electron chi connectivity index (χ4n) is 1.92. The molecule has 1 aliphatic rings. The van der Waals surface area contributed by atoms with Crippen LogP contribution in [-0.2, 0) is 9.53 Å². The molecule has 0 radical (unpaired) electrons. The SMILES string of the molecule is CC(OC(C)(C)C)C(=O)N1CCC(S)CC1. The van der Waals surface area contributed by atoms with Gasteiger partial charge in [-0.25, -0.2) is 0 Å². The molecular formula is C12H23NO2S. The number of ether oxygens (including phenoxy) is 1. The summed E-state index contributed by atoms with van der Waals surface area (Å²) in [6.07, 6.45) is 1.62. The summed E-state index contributed by atoms with van der Waals surface area (Å²) in [6.45, 7) is 9.36. The molecule has 1 heterocycles. The quantitative estimate of drug-likeness (QED) is 0.755. The third kappa shape index (κ3) is 4.34. The van der Waals surface area contributed by atoms with Gasteiger partial charge in [0.1, 0.15) is 6.10 Å². The summed E-state index contributed by atoms with van der Waals surface area (Å²) >= 11 is 4.42. The summed E-state index contributed by atoms with van der Waals surface area (Å²) in [5.74, 6) is 0.107. The van der Waals surface area contributed by atoms with Crippen molar-refractivity contribution in [3.63, 3.8) is 0 Å². The number of hydrogen-bond donors (Lipinski definition) is 1. The number of carbonyl (C=O) groups excluding carboxylic acids is 1. The van der Waals surface area contributed by atoms with Gasteiger partial charge in [0.25, 0.3) is 5.91 Å². The molecule has 1 rings (SSSR count). The van der Waals surface area contributed by atoms with Crippen molar-refractivity contribution in [2.24, 2.45) is 0 Å². The van der Waals surface area contributed by atoms with Crippen molar-refractivity contribution in [1.82, 2.24) is 4.90 Å². The second-order valence-electron chi connectivity index (χ2n) is 5.43. The molecule has 1 atom stereocenters. The van der Waals surface area contributed by atoms with E-state index in [0.29, 0.717) is 5.25 Å². The van der Waals surface area contributed by atoms with E-state index in [1.807, 2.05) is 32.6 Å². The molecule has 16 heavy (non-hydrogen) atoms. The Balaban J connectivity index is 2.45. The number of piperidine rings is 1. The molecule has 0 spiro atoms. The summed E-state index contributed by atoms with van der Waals surface area (Å²) < 4.78 is 5.67. The first-order valence-electron chi connectivity index (χ1n) is 5.94. The number of likely N-dealkylation sites (tertiary alicyclic amines) is 1. The Morgan fingerprint density at radius 3 is 2.31 bits per heavy atom. The van der Waals surface area contributed by atoms with Crippen molar-refractivity contribution >= 4 is 18.5 Å². The summed E-state index contributed by atoms with van der Waals surface area (Å²) in [4.78, 5) is 14.0. The predicted molar refractivity (Wildman–Crippen MR) is 68.9 cm³/mol. The van der Waals surface area contributed by atoms with Crippen LogP contribution in [0.15, 0.2) is 0 Å². The Morgan fingerprint density at radius 1 is 1.38 bits per heavy atom. The van der Waals surface area contributed by atoms with Gasteiger partial charge in [-0.2, -0.15) is 12.6 Å². The summed E-state index contributed by atoms with van der Waals surface area (Å²) in [6, 6.07) is 0. The molecule has 1 saturated heterocycles. The van der Waals surface area contributed by atoms with Crippen molar-refractivity contribution in [2.45, 2.75) is 57.5 Å². The van der Waals surface area contributed by atoms with E-state index in [4.69, 9.17) is 4.74 Å². The minimum absolute atomic E-state index is 0.107. The van der Waals surface area contributed by atoms with Crippen molar-refractivity contribution in [2.75, 3.05) is 13.1 Å². The van der Waals surface area contributed by atoms with Gasteiger partial charge in [-0.1, -0.05) is 0 Å². The van der Waals surface area contributed by atoms with Crippen LogP contribution in [0.4, 0.5) is 0 Å². The summed E-state index contributed by atoms with van der Waals surface area (Å²) in [5, 5.41) is 0.447. The summed E-state index contributed by atoms with van der Waals surface area (Å²) in [5.41, 5.74) is -0.267. The number of thiol groups is 1. The zero-order chi connectivity index (χ0) is 12.3. The van der Waals surface area contributed by atoms with E-state index in [1.54, 1.807) is 0 Å². The Hall–Kier alpha value is -0.220. The van der Waals surface area contributed by atoms with Crippen LogP contribution < -0.4 is 0 Å². The molecule has 0 aromatic heterocycles. The Labute approximate surface area is 104 Å². The molecule has 1 fully saturated rings. The zero-order valence-corrected chi connectivity index (χ0v) is 11.6. The molecule has 0 saturated carbocycles. The van der Waals surface area contributed by atoms with Crippen molar-refractivity contribution in [3.8, 4) is 0 Å². The van der Waals surface area contributed by atoms with Gasteiger partial charge >= 0.3 is 0 Å². The smallest absolute Gasteiger partial charge is 0.251 e. The average molecular weight is 245 g/mol. The fraction of sp³-hybridized carbons (Fsp3) is 0.917. The molecule has 0 bridgehead atoms. The van der Waals surface area contributed by atoms with Gasteiger partial charge in [-0.05, 0) is 40.5 Å². The maximum Gasteiger partial charge on any atom is 0.251 e. The third-order valence-corrected chi connectivity index (χ3v) is 3.17. The second kappa shape index (κ2) is 5.41. The molecule has 1 aliphatic heterocycles. The molecule has 0 aliphatic carbocycles. The first-order valence-corrected chi connectivity index (χ1v) is 6.46. The van der Waals surface area contributed by atoms with Gasteiger partial charge < -0.3 is 9.64 Å². The Morgan fingerprint density at radius 2 is 1.88 bits per heavy atom. The lowest BCUT2D eigenvalue weighted by molar-refractivity contribution is -0.152. The lowest BCUT2D eigenvalue weighted by Gasteiger charge is -2.33. The number of amides is 1. The van der Waals surface area contributed by atoms with E-state index in [1.165, 1.54) is 0 Å². The highest BCUT2D eigenvalue weighted by Crippen LogP contribution is 2.18. The predicted octanol–water partition coefficient (Wildman–Crippen LogP) is 2.11. The highest BCUT2D eigenvalue weighted by atomic mass is 32.1.